The van der Waals surface area contributed by atoms with Crippen molar-refractivity contribution in [2.24, 2.45) is 11.8 Å². The molecule has 1 aliphatic carbocycles. The second-order valence-electron chi connectivity index (χ2n) is 6.09. The first-order chi connectivity index (χ1) is 9.63. The van der Waals surface area contributed by atoms with E-state index in [1.807, 2.05) is 6.92 Å². The Hall–Kier alpha value is -1.77. The molecule has 1 aromatic rings. The highest BCUT2D eigenvalue weighted by Crippen LogP contribution is 2.40. The van der Waals surface area contributed by atoms with Gasteiger partial charge in [0, 0.05) is 24.9 Å². The van der Waals surface area contributed by atoms with Gasteiger partial charge >= 0.3 is 5.97 Å². The highest BCUT2D eigenvalue weighted by molar-refractivity contribution is 5.87. The summed E-state index contributed by atoms with van der Waals surface area (Å²) in [5, 5.41) is 8.83. The summed E-state index contributed by atoms with van der Waals surface area (Å²) < 4.78 is 0. The van der Waals surface area contributed by atoms with Gasteiger partial charge in [-0.15, -0.1) is 0 Å². The number of aliphatic carboxylic acids is 1. The molecule has 1 N–H and O–H groups in total. The predicted molar refractivity (Wildman–Crippen MR) is 80.9 cm³/mol. The van der Waals surface area contributed by atoms with Crippen molar-refractivity contribution in [3.05, 3.63) is 35.4 Å². The van der Waals surface area contributed by atoms with E-state index in [0.717, 1.165) is 36.1 Å². The minimum absolute atomic E-state index is 0.840. The maximum Gasteiger partial charge on any atom is 0.328 e. The van der Waals surface area contributed by atoms with Crippen molar-refractivity contribution < 1.29 is 9.90 Å². The molecule has 1 heterocycles. The summed E-state index contributed by atoms with van der Waals surface area (Å²) in [6.07, 6.45) is 7.04. The van der Waals surface area contributed by atoms with E-state index in [-0.39, 0.29) is 0 Å². The lowest BCUT2D eigenvalue weighted by atomic mass is 10.0. The molecule has 2 unspecified atom stereocenters. The smallest absolute Gasteiger partial charge is 0.328 e. The van der Waals surface area contributed by atoms with Gasteiger partial charge in [0.15, 0.2) is 0 Å². The largest absolute Gasteiger partial charge is 0.478 e. The van der Waals surface area contributed by atoms with E-state index < -0.39 is 5.97 Å². The first-order valence-corrected chi connectivity index (χ1v) is 7.40. The molecule has 0 radical (unpaired) electrons. The molecule has 20 heavy (non-hydrogen) atoms. The summed E-state index contributed by atoms with van der Waals surface area (Å²) in [6, 6.07) is 6.32. The maximum absolute atomic E-state index is 10.7. The van der Waals surface area contributed by atoms with Gasteiger partial charge in [-0.25, -0.2) is 4.79 Å². The van der Waals surface area contributed by atoms with Crippen LogP contribution in [-0.2, 0) is 4.79 Å². The van der Waals surface area contributed by atoms with Crippen LogP contribution in [0.4, 0.5) is 5.69 Å². The second kappa shape index (κ2) is 5.31. The Morgan fingerprint density at radius 2 is 2.00 bits per heavy atom. The number of hydrogen-bond donors (Lipinski definition) is 1. The van der Waals surface area contributed by atoms with Gasteiger partial charge in [-0.2, -0.15) is 0 Å². The molecular formula is C17H21NO2. The van der Waals surface area contributed by atoms with Crippen LogP contribution in [0.2, 0.25) is 0 Å². The predicted octanol–water partition coefficient (Wildman–Crippen LogP) is 3.33. The van der Waals surface area contributed by atoms with Crippen molar-refractivity contribution in [3.8, 4) is 0 Å². The highest BCUT2D eigenvalue weighted by atomic mass is 16.4. The van der Waals surface area contributed by atoms with Crippen molar-refractivity contribution in [3.63, 3.8) is 0 Å². The quantitative estimate of drug-likeness (QED) is 0.857. The summed E-state index contributed by atoms with van der Waals surface area (Å²) in [5.74, 6) is 0.788. The Morgan fingerprint density at radius 3 is 2.65 bits per heavy atom. The summed E-state index contributed by atoms with van der Waals surface area (Å²) in [4.78, 5) is 13.2. The van der Waals surface area contributed by atoms with E-state index in [1.54, 1.807) is 6.08 Å². The van der Waals surface area contributed by atoms with Crippen LogP contribution >= 0.6 is 0 Å². The normalized spacial score (nSPS) is 25.4. The van der Waals surface area contributed by atoms with Crippen molar-refractivity contribution >= 4 is 17.7 Å². The number of hydrogen-bond acceptors (Lipinski definition) is 2. The first-order valence-electron chi connectivity index (χ1n) is 7.40. The molecule has 3 nitrogen and oxygen atoms in total. The lowest BCUT2D eigenvalue weighted by Gasteiger charge is -2.22. The average Bonchev–Trinajstić information content (AvgIpc) is 2.97. The van der Waals surface area contributed by atoms with E-state index in [9.17, 15) is 4.79 Å². The highest BCUT2D eigenvalue weighted by Gasteiger charge is 2.36. The summed E-state index contributed by atoms with van der Waals surface area (Å²) >= 11 is 0. The Balaban J connectivity index is 1.87. The number of nitrogens with zero attached hydrogens (tertiary/aromatic N) is 1. The van der Waals surface area contributed by atoms with Crippen molar-refractivity contribution in [2.45, 2.75) is 26.2 Å². The van der Waals surface area contributed by atoms with Gasteiger partial charge in [-0.3, -0.25) is 0 Å². The Bertz CT molecular complexity index is 538. The molecule has 1 aliphatic heterocycles. The van der Waals surface area contributed by atoms with Gasteiger partial charge < -0.3 is 10.0 Å². The molecule has 1 saturated heterocycles. The Morgan fingerprint density at radius 1 is 1.30 bits per heavy atom. The third-order valence-electron chi connectivity index (χ3n) is 4.66. The number of carboxylic acids is 1. The van der Waals surface area contributed by atoms with Gasteiger partial charge in [0.25, 0.3) is 0 Å². The minimum atomic E-state index is -0.893. The standard InChI is InChI=1S/C17H21NO2/c1-12-5-7-16(13(9-12)6-8-17(19)20)18-10-14-3-2-4-15(14)11-18/h5-9,14-15H,2-4,10-11H2,1H3,(H,19,20)/b8-6+. The average molecular weight is 271 g/mol. The number of aryl methyl sites for hydroxylation is 1. The fraction of sp³-hybridized carbons (Fsp3) is 0.471. The zero-order valence-electron chi connectivity index (χ0n) is 11.9. The second-order valence-corrected chi connectivity index (χ2v) is 6.09. The monoisotopic (exact) mass is 271 g/mol. The zero-order valence-corrected chi connectivity index (χ0v) is 11.9. The lowest BCUT2D eigenvalue weighted by molar-refractivity contribution is -0.131. The van der Waals surface area contributed by atoms with Crippen LogP contribution < -0.4 is 4.90 Å². The molecule has 1 aromatic carbocycles. The molecule has 1 saturated carbocycles. The molecule has 106 valence electrons. The molecule has 2 fully saturated rings. The summed E-state index contributed by atoms with van der Waals surface area (Å²) in [6.45, 7) is 4.30. The number of anilines is 1. The molecule has 0 amide bonds. The lowest BCUT2D eigenvalue weighted by Crippen LogP contribution is -2.21. The summed E-state index contributed by atoms with van der Waals surface area (Å²) in [7, 11) is 0. The van der Waals surface area contributed by atoms with Crippen LogP contribution in [0.1, 0.15) is 30.4 Å². The van der Waals surface area contributed by atoms with Gasteiger partial charge in [-0.1, -0.05) is 18.1 Å². The van der Waals surface area contributed by atoms with Gasteiger partial charge in [0.05, 0.1) is 0 Å². The maximum atomic E-state index is 10.7. The number of fused-ring (bicyclic) bond motifs is 1. The molecular weight excluding hydrogens is 250 g/mol. The molecule has 0 aromatic heterocycles. The van der Waals surface area contributed by atoms with Gasteiger partial charge in [0.2, 0.25) is 0 Å². The molecule has 3 heteroatoms. The minimum Gasteiger partial charge on any atom is -0.478 e. The van der Waals surface area contributed by atoms with E-state index in [1.165, 1.54) is 31.0 Å². The van der Waals surface area contributed by atoms with Crippen molar-refractivity contribution in [1.82, 2.24) is 0 Å². The Labute approximate surface area is 119 Å². The van der Waals surface area contributed by atoms with Crippen LogP contribution in [0, 0.1) is 18.8 Å². The molecule has 2 atom stereocenters. The number of carbonyl (C=O) groups is 1. The number of benzene rings is 1. The van der Waals surface area contributed by atoms with Gasteiger partial charge in [0.1, 0.15) is 0 Å². The Kier molecular flexibility index (Phi) is 3.51. The van der Waals surface area contributed by atoms with E-state index in [0.29, 0.717) is 0 Å². The zero-order chi connectivity index (χ0) is 14.1. The third kappa shape index (κ3) is 2.58. The molecule has 0 bridgehead atoms. The van der Waals surface area contributed by atoms with Crippen LogP contribution in [0.25, 0.3) is 6.08 Å². The fourth-order valence-electron chi connectivity index (χ4n) is 3.69. The van der Waals surface area contributed by atoms with Gasteiger partial charge in [-0.05, 0) is 55.4 Å². The number of carboxylic acid groups (broad SMARTS) is 1. The topological polar surface area (TPSA) is 40.5 Å². The molecule has 2 aliphatic rings. The number of rotatable bonds is 3. The van der Waals surface area contributed by atoms with Crippen molar-refractivity contribution in [1.29, 1.82) is 0 Å². The SMILES string of the molecule is Cc1ccc(N2CC3CCCC3C2)c(/C=C/C(=O)O)c1. The van der Waals surface area contributed by atoms with Crippen LogP contribution in [-0.4, -0.2) is 24.2 Å². The molecule has 3 rings (SSSR count). The molecule has 0 spiro atoms. The van der Waals surface area contributed by atoms with E-state index in [4.69, 9.17) is 5.11 Å². The van der Waals surface area contributed by atoms with E-state index in [2.05, 4.69) is 23.1 Å². The van der Waals surface area contributed by atoms with Crippen LogP contribution in [0.15, 0.2) is 24.3 Å². The third-order valence-corrected chi connectivity index (χ3v) is 4.66. The van der Waals surface area contributed by atoms with Crippen molar-refractivity contribution in [2.75, 3.05) is 18.0 Å². The summed E-state index contributed by atoms with van der Waals surface area (Å²) in [5.41, 5.74) is 3.37. The van der Waals surface area contributed by atoms with E-state index >= 15 is 0 Å². The first kappa shape index (κ1) is 13.2. The fourth-order valence-corrected chi connectivity index (χ4v) is 3.69. The van der Waals surface area contributed by atoms with Crippen LogP contribution in [0.5, 0.6) is 0 Å². The van der Waals surface area contributed by atoms with Crippen LogP contribution in [0.3, 0.4) is 0 Å².